The first-order valence-electron chi connectivity index (χ1n) is 10.0. The van der Waals surface area contributed by atoms with Crippen LogP contribution in [-0.2, 0) is 6.42 Å². The van der Waals surface area contributed by atoms with Crippen molar-refractivity contribution >= 4 is 29.9 Å². The van der Waals surface area contributed by atoms with Crippen LogP contribution in [0.2, 0.25) is 0 Å². The van der Waals surface area contributed by atoms with E-state index in [9.17, 15) is 0 Å². The summed E-state index contributed by atoms with van der Waals surface area (Å²) in [7, 11) is 1.78. The molecule has 0 fully saturated rings. The number of benzene rings is 2. The van der Waals surface area contributed by atoms with E-state index < -0.39 is 0 Å². The third-order valence-corrected chi connectivity index (χ3v) is 4.73. The van der Waals surface area contributed by atoms with Crippen LogP contribution in [0.25, 0.3) is 0 Å². The zero-order chi connectivity index (χ0) is 20.5. The molecular formula is C23H30IN5O. The number of hydrogen-bond acceptors (Lipinski definition) is 4. The van der Waals surface area contributed by atoms with Crippen molar-refractivity contribution in [2.45, 2.75) is 32.1 Å². The van der Waals surface area contributed by atoms with Crippen LogP contribution in [0, 0.1) is 0 Å². The number of aliphatic imine (C=N–C) groups is 1. The first-order chi connectivity index (χ1) is 14.2. The minimum absolute atomic E-state index is 0. The molecule has 0 atom stereocenters. The van der Waals surface area contributed by atoms with Gasteiger partial charge in [-0.2, -0.15) is 4.98 Å². The molecule has 0 unspecified atom stereocenters. The van der Waals surface area contributed by atoms with Gasteiger partial charge in [-0.25, -0.2) is 0 Å². The average Bonchev–Trinajstić information content (AvgIpc) is 3.23. The first-order valence-corrected chi connectivity index (χ1v) is 10.0. The molecule has 0 spiro atoms. The minimum Gasteiger partial charge on any atom is -0.356 e. The van der Waals surface area contributed by atoms with E-state index in [1.165, 1.54) is 11.1 Å². The Balaban J connectivity index is 0.00000320. The highest BCUT2D eigenvalue weighted by atomic mass is 127. The summed E-state index contributed by atoms with van der Waals surface area (Å²) in [6.45, 7) is 5.51. The summed E-state index contributed by atoms with van der Waals surface area (Å²) in [6, 6.07) is 21.1. The second kappa shape index (κ2) is 12.3. The van der Waals surface area contributed by atoms with E-state index >= 15 is 0 Å². The molecule has 1 aromatic heterocycles. The summed E-state index contributed by atoms with van der Waals surface area (Å²) < 4.78 is 5.29. The highest BCUT2D eigenvalue weighted by molar-refractivity contribution is 14.0. The third-order valence-electron chi connectivity index (χ3n) is 4.73. The molecule has 0 bridgehead atoms. The van der Waals surface area contributed by atoms with Gasteiger partial charge in [-0.15, -0.1) is 24.0 Å². The van der Waals surface area contributed by atoms with Gasteiger partial charge < -0.3 is 15.2 Å². The van der Waals surface area contributed by atoms with Crippen molar-refractivity contribution in [2.24, 2.45) is 4.99 Å². The number of nitrogens with one attached hydrogen (secondary N) is 2. The van der Waals surface area contributed by atoms with Gasteiger partial charge in [0.1, 0.15) is 0 Å². The lowest BCUT2D eigenvalue weighted by Crippen LogP contribution is -2.40. The molecule has 0 aliphatic carbocycles. The van der Waals surface area contributed by atoms with Crippen LogP contribution in [0.1, 0.15) is 48.5 Å². The molecule has 3 rings (SSSR count). The molecule has 7 heteroatoms. The van der Waals surface area contributed by atoms with Crippen LogP contribution < -0.4 is 10.6 Å². The van der Waals surface area contributed by atoms with Crippen molar-refractivity contribution in [3.63, 3.8) is 0 Å². The Bertz CT molecular complexity index is 857. The van der Waals surface area contributed by atoms with Crippen molar-refractivity contribution in [3.8, 4) is 0 Å². The van der Waals surface area contributed by atoms with Crippen molar-refractivity contribution in [1.82, 2.24) is 20.8 Å². The van der Waals surface area contributed by atoms with E-state index in [-0.39, 0.29) is 35.8 Å². The van der Waals surface area contributed by atoms with Gasteiger partial charge in [-0.1, -0.05) is 79.7 Å². The molecule has 160 valence electrons. The van der Waals surface area contributed by atoms with E-state index in [0.717, 1.165) is 18.3 Å². The summed E-state index contributed by atoms with van der Waals surface area (Å²) >= 11 is 0. The molecule has 0 aliphatic heterocycles. The van der Waals surface area contributed by atoms with Gasteiger partial charge in [-0.3, -0.25) is 4.99 Å². The smallest absolute Gasteiger partial charge is 0.228 e. The summed E-state index contributed by atoms with van der Waals surface area (Å²) in [6.07, 6.45) is 0.654. The van der Waals surface area contributed by atoms with E-state index in [1.54, 1.807) is 7.05 Å². The molecule has 0 saturated carbocycles. The van der Waals surface area contributed by atoms with Gasteiger partial charge in [0.2, 0.25) is 5.89 Å². The van der Waals surface area contributed by atoms with Crippen LogP contribution in [0.3, 0.4) is 0 Å². The number of rotatable bonds is 8. The number of halogens is 1. The third kappa shape index (κ3) is 6.83. The molecule has 0 amide bonds. The summed E-state index contributed by atoms with van der Waals surface area (Å²) in [5.41, 5.74) is 2.54. The van der Waals surface area contributed by atoms with Crippen LogP contribution >= 0.6 is 24.0 Å². The zero-order valence-corrected chi connectivity index (χ0v) is 20.0. The second-order valence-corrected chi connectivity index (χ2v) is 7.20. The number of aromatic nitrogens is 2. The Labute approximate surface area is 195 Å². The molecule has 0 radical (unpaired) electrons. The van der Waals surface area contributed by atoms with Gasteiger partial charge in [0.05, 0.1) is 0 Å². The number of hydrogen-bond donors (Lipinski definition) is 2. The minimum atomic E-state index is 0. The maximum Gasteiger partial charge on any atom is 0.228 e. The van der Waals surface area contributed by atoms with E-state index in [1.807, 2.05) is 12.1 Å². The van der Waals surface area contributed by atoms with Crippen LogP contribution in [0.15, 0.2) is 70.2 Å². The fourth-order valence-corrected chi connectivity index (χ4v) is 3.11. The second-order valence-electron chi connectivity index (χ2n) is 7.20. The fourth-order valence-electron chi connectivity index (χ4n) is 3.11. The van der Waals surface area contributed by atoms with Crippen LogP contribution in [-0.4, -0.2) is 36.2 Å². The molecule has 3 aromatic rings. The van der Waals surface area contributed by atoms with Crippen molar-refractivity contribution < 1.29 is 4.52 Å². The highest BCUT2D eigenvalue weighted by Gasteiger charge is 2.15. The Morgan fingerprint density at radius 3 is 2.07 bits per heavy atom. The lowest BCUT2D eigenvalue weighted by molar-refractivity contribution is 0.371. The monoisotopic (exact) mass is 519 g/mol. The molecule has 2 N–H and O–H groups in total. The normalized spacial score (nSPS) is 11.4. The Hall–Kier alpha value is -2.42. The quantitative estimate of drug-likeness (QED) is 0.263. The summed E-state index contributed by atoms with van der Waals surface area (Å²) in [5, 5.41) is 10.8. The molecule has 30 heavy (non-hydrogen) atoms. The van der Waals surface area contributed by atoms with Gasteiger partial charge in [0, 0.05) is 38.4 Å². The molecule has 0 saturated heterocycles. The van der Waals surface area contributed by atoms with E-state index in [0.29, 0.717) is 18.9 Å². The van der Waals surface area contributed by atoms with Crippen LogP contribution in [0.4, 0.5) is 0 Å². The van der Waals surface area contributed by atoms with Crippen LogP contribution in [0.5, 0.6) is 0 Å². The maximum atomic E-state index is 5.29. The summed E-state index contributed by atoms with van der Waals surface area (Å²) in [5.74, 6) is 2.65. The van der Waals surface area contributed by atoms with Gasteiger partial charge in [0.15, 0.2) is 11.8 Å². The van der Waals surface area contributed by atoms with Gasteiger partial charge >= 0.3 is 0 Å². The lowest BCUT2D eigenvalue weighted by Gasteiger charge is -2.20. The average molecular weight is 519 g/mol. The largest absolute Gasteiger partial charge is 0.356 e. The van der Waals surface area contributed by atoms with E-state index in [2.05, 4.69) is 88.1 Å². The molecule has 1 heterocycles. The number of guanidine groups is 1. The lowest BCUT2D eigenvalue weighted by atomic mass is 9.91. The van der Waals surface area contributed by atoms with Gasteiger partial charge in [0.25, 0.3) is 0 Å². The predicted octanol–water partition coefficient (Wildman–Crippen LogP) is 4.35. The Kier molecular flexibility index (Phi) is 9.79. The first kappa shape index (κ1) is 23.9. The number of nitrogens with zero attached hydrogens (tertiary/aromatic N) is 3. The van der Waals surface area contributed by atoms with Crippen molar-refractivity contribution in [2.75, 3.05) is 20.1 Å². The maximum absolute atomic E-state index is 5.29. The Morgan fingerprint density at radius 2 is 1.57 bits per heavy atom. The SMILES string of the molecule is CN=C(NCCc1nc(C(C)C)no1)NCC(c1ccccc1)c1ccccc1.I. The van der Waals surface area contributed by atoms with Crippen molar-refractivity contribution in [1.29, 1.82) is 0 Å². The standard InChI is InChI=1S/C23H29N5O.HI/c1-17(2)22-27-21(29-28-22)14-15-25-23(24-3)26-16-20(18-10-6-4-7-11-18)19-12-8-5-9-13-19;/h4-13,17,20H,14-16H2,1-3H3,(H2,24,25,26);1H. The van der Waals surface area contributed by atoms with E-state index in [4.69, 9.17) is 4.52 Å². The Morgan fingerprint density at radius 1 is 0.967 bits per heavy atom. The summed E-state index contributed by atoms with van der Waals surface area (Å²) in [4.78, 5) is 8.75. The fraction of sp³-hybridized carbons (Fsp3) is 0.348. The predicted molar refractivity (Wildman–Crippen MR) is 132 cm³/mol. The van der Waals surface area contributed by atoms with Gasteiger partial charge in [-0.05, 0) is 11.1 Å². The highest BCUT2D eigenvalue weighted by Crippen LogP contribution is 2.23. The zero-order valence-electron chi connectivity index (χ0n) is 17.7. The molecular weight excluding hydrogens is 489 g/mol. The topological polar surface area (TPSA) is 75.3 Å². The molecule has 6 nitrogen and oxygen atoms in total. The molecule has 2 aromatic carbocycles. The van der Waals surface area contributed by atoms with Crippen molar-refractivity contribution in [3.05, 3.63) is 83.5 Å². The molecule has 0 aliphatic rings.